The number of hydrogen-bond acceptors (Lipinski definition) is 4. The Morgan fingerprint density at radius 3 is 2.55 bits per heavy atom. The lowest BCUT2D eigenvalue weighted by Crippen LogP contribution is -2.10. The summed E-state index contributed by atoms with van der Waals surface area (Å²) in [6, 6.07) is 8.11. The minimum absolute atomic E-state index is 0.0641. The zero-order valence-corrected chi connectivity index (χ0v) is 11.9. The van der Waals surface area contributed by atoms with E-state index in [0.717, 1.165) is 11.3 Å². The Balaban J connectivity index is 2.05. The van der Waals surface area contributed by atoms with Crippen LogP contribution in [0.1, 0.15) is 25.1 Å². The van der Waals surface area contributed by atoms with Gasteiger partial charge < -0.3 is 10.1 Å². The number of nitrogens with one attached hydrogen (secondary N) is 1. The van der Waals surface area contributed by atoms with Crippen LogP contribution in [0.4, 0.5) is 10.3 Å². The first-order valence-corrected chi connectivity index (χ1v) is 6.53. The van der Waals surface area contributed by atoms with Gasteiger partial charge in [-0.3, -0.25) is 0 Å². The molecule has 0 aliphatic heterocycles. The Labute approximate surface area is 118 Å². The van der Waals surface area contributed by atoms with Crippen molar-refractivity contribution in [3.05, 3.63) is 47.4 Å². The first kappa shape index (κ1) is 14.2. The lowest BCUT2D eigenvalue weighted by Gasteiger charge is -2.11. The Kier molecular flexibility index (Phi) is 4.50. The molecule has 0 unspecified atom stereocenters. The molecule has 1 N–H and O–H groups in total. The van der Waals surface area contributed by atoms with E-state index in [1.807, 2.05) is 20.8 Å². The standard InChI is InChI=1S/C15H18FN3O/c1-10(2)20-14-8-11(3)18-15(19-14)17-9-12-4-6-13(16)7-5-12/h4-8,10H,9H2,1-3H3,(H,17,18,19). The van der Waals surface area contributed by atoms with Crippen molar-refractivity contribution < 1.29 is 9.13 Å². The summed E-state index contributed by atoms with van der Waals surface area (Å²) < 4.78 is 18.4. The maximum atomic E-state index is 12.8. The van der Waals surface area contributed by atoms with E-state index >= 15 is 0 Å². The molecule has 1 heterocycles. The first-order chi connectivity index (χ1) is 9.52. The Bertz CT molecular complexity index is 570. The fourth-order valence-electron chi connectivity index (χ4n) is 1.70. The zero-order valence-electron chi connectivity index (χ0n) is 11.9. The zero-order chi connectivity index (χ0) is 14.5. The molecule has 0 amide bonds. The Hall–Kier alpha value is -2.17. The molecule has 5 heteroatoms. The van der Waals surface area contributed by atoms with Crippen molar-refractivity contribution in [3.63, 3.8) is 0 Å². The molecule has 20 heavy (non-hydrogen) atoms. The van der Waals surface area contributed by atoms with Gasteiger partial charge in [-0.25, -0.2) is 9.37 Å². The maximum Gasteiger partial charge on any atom is 0.226 e. The van der Waals surface area contributed by atoms with Crippen LogP contribution in [0, 0.1) is 12.7 Å². The molecule has 0 saturated carbocycles. The van der Waals surface area contributed by atoms with Crippen LogP contribution in [0.3, 0.4) is 0 Å². The predicted molar refractivity (Wildman–Crippen MR) is 76.3 cm³/mol. The van der Waals surface area contributed by atoms with E-state index in [4.69, 9.17) is 4.74 Å². The van der Waals surface area contributed by atoms with Crippen molar-refractivity contribution in [3.8, 4) is 5.88 Å². The van der Waals surface area contributed by atoms with Crippen molar-refractivity contribution >= 4 is 5.95 Å². The van der Waals surface area contributed by atoms with E-state index < -0.39 is 0 Å². The number of ether oxygens (including phenoxy) is 1. The Morgan fingerprint density at radius 1 is 1.20 bits per heavy atom. The van der Waals surface area contributed by atoms with Crippen molar-refractivity contribution in [2.45, 2.75) is 33.4 Å². The van der Waals surface area contributed by atoms with Crippen LogP contribution in [0.2, 0.25) is 0 Å². The number of benzene rings is 1. The van der Waals surface area contributed by atoms with Gasteiger partial charge in [-0.1, -0.05) is 12.1 Å². The highest BCUT2D eigenvalue weighted by molar-refractivity contribution is 5.32. The summed E-state index contributed by atoms with van der Waals surface area (Å²) in [5, 5.41) is 3.11. The second-order valence-electron chi connectivity index (χ2n) is 4.82. The SMILES string of the molecule is Cc1cc(OC(C)C)nc(NCc2ccc(F)cc2)n1. The van der Waals surface area contributed by atoms with E-state index in [-0.39, 0.29) is 11.9 Å². The molecule has 0 aliphatic rings. The van der Waals surface area contributed by atoms with Gasteiger partial charge in [0.15, 0.2) is 0 Å². The largest absolute Gasteiger partial charge is 0.475 e. The number of anilines is 1. The second-order valence-corrected chi connectivity index (χ2v) is 4.82. The lowest BCUT2D eigenvalue weighted by atomic mass is 10.2. The molecule has 2 aromatic rings. The lowest BCUT2D eigenvalue weighted by molar-refractivity contribution is 0.232. The van der Waals surface area contributed by atoms with E-state index in [9.17, 15) is 4.39 Å². The predicted octanol–water partition coefficient (Wildman–Crippen LogP) is 3.32. The van der Waals surface area contributed by atoms with Crippen LogP contribution >= 0.6 is 0 Å². The smallest absolute Gasteiger partial charge is 0.226 e. The van der Waals surface area contributed by atoms with Crippen molar-refractivity contribution in [1.82, 2.24) is 9.97 Å². The molecule has 0 fully saturated rings. The summed E-state index contributed by atoms with van der Waals surface area (Å²) in [4.78, 5) is 8.59. The van der Waals surface area contributed by atoms with Gasteiger partial charge in [-0.2, -0.15) is 4.98 Å². The fourth-order valence-corrected chi connectivity index (χ4v) is 1.70. The van der Waals surface area contributed by atoms with E-state index in [0.29, 0.717) is 18.4 Å². The Morgan fingerprint density at radius 2 is 1.90 bits per heavy atom. The van der Waals surface area contributed by atoms with Crippen LogP contribution in [0.25, 0.3) is 0 Å². The minimum atomic E-state index is -0.242. The minimum Gasteiger partial charge on any atom is -0.475 e. The summed E-state index contributed by atoms with van der Waals surface area (Å²) in [6.45, 7) is 6.31. The normalized spacial score (nSPS) is 10.7. The number of hydrogen-bond donors (Lipinski definition) is 1. The van der Waals surface area contributed by atoms with E-state index in [2.05, 4.69) is 15.3 Å². The third-order valence-corrected chi connectivity index (χ3v) is 2.55. The van der Waals surface area contributed by atoms with E-state index in [1.165, 1.54) is 12.1 Å². The molecular weight excluding hydrogens is 257 g/mol. The molecular formula is C15H18FN3O. The van der Waals surface area contributed by atoms with Gasteiger partial charge >= 0.3 is 0 Å². The third kappa shape index (κ3) is 4.19. The first-order valence-electron chi connectivity index (χ1n) is 6.53. The van der Waals surface area contributed by atoms with Crippen molar-refractivity contribution in [2.24, 2.45) is 0 Å². The summed E-state index contributed by atoms with van der Waals surface area (Å²) in [6.07, 6.45) is 0.0641. The van der Waals surface area contributed by atoms with Gasteiger partial charge in [-0.15, -0.1) is 0 Å². The van der Waals surface area contributed by atoms with Gasteiger partial charge in [-0.05, 0) is 38.5 Å². The molecule has 0 aliphatic carbocycles. The van der Waals surface area contributed by atoms with Gasteiger partial charge in [0.05, 0.1) is 6.10 Å². The average Bonchev–Trinajstić information content (AvgIpc) is 2.36. The van der Waals surface area contributed by atoms with Crippen LogP contribution in [-0.4, -0.2) is 16.1 Å². The third-order valence-electron chi connectivity index (χ3n) is 2.55. The molecule has 2 rings (SSSR count). The number of rotatable bonds is 5. The molecule has 0 radical (unpaired) electrons. The maximum absolute atomic E-state index is 12.8. The summed E-state index contributed by atoms with van der Waals surface area (Å²) in [7, 11) is 0. The second kappa shape index (κ2) is 6.32. The van der Waals surface area contributed by atoms with Crippen LogP contribution < -0.4 is 10.1 Å². The molecule has 0 spiro atoms. The molecule has 0 atom stereocenters. The van der Waals surface area contributed by atoms with Crippen LogP contribution in [0.5, 0.6) is 5.88 Å². The summed E-state index contributed by atoms with van der Waals surface area (Å²) in [5.41, 5.74) is 1.79. The summed E-state index contributed by atoms with van der Waals surface area (Å²) in [5.74, 6) is 0.812. The quantitative estimate of drug-likeness (QED) is 0.909. The van der Waals surface area contributed by atoms with Gasteiger partial charge in [0.25, 0.3) is 0 Å². The monoisotopic (exact) mass is 275 g/mol. The van der Waals surface area contributed by atoms with Gasteiger partial charge in [0.1, 0.15) is 5.82 Å². The molecule has 106 valence electrons. The number of aryl methyl sites for hydroxylation is 1. The summed E-state index contributed by atoms with van der Waals surface area (Å²) >= 11 is 0. The topological polar surface area (TPSA) is 47.0 Å². The highest BCUT2D eigenvalue weighted by Gasteiger charge is 2.05. The highest BCUT2D eigenvalue weighted by Crippen LogP contribution is 2.14. The number of halogens is 1. The van der Waals surface area contributed by atoms with Crippen molar-refractivity contribution in [2.75, 3.05) is 5.32 Å². The van der Waals surface area contributed by atoms with Crippen molar-refractivity contribution in [1.29, 1.82) is 0 Å². The molecule has 1 aromatic carbocycles. The number of aromatic nitrogens is 2. The molecule has 4 nitrogen and oxygen atoms in total. The van der Waals surface area contributed by atoms with Crippen LogP contribution in [-0.2, 0) is 6.54 Å². The molecule has 0 bridgehead atoms. The van der Waals surface area contributed by atoms with Crippen LogP contribution in [0.15, 0.2) is 30.3 Å². The highest BCUT2D eigenvalue weighted by atomic mass is 19.1. The van der Waals surface area contributed by atoms with E-state index in [1.54, 1.807) is 18.2 Å². The van der Waals surface area contributed by atoms with Gasteiger partial charge in [0, 0.05) is 18.3 Å². The molecule has 1 aromatic heterocycles. The molecule has 0 saturated heterocycles. The fraction of sp³-hybridized carbons (Fsp3) is 0.333. The van der Waals surface area contributed by atoms with Gasteiger partial charge in [0.2, 0.25) is 11.8 Å². The number of nitrogens with zero attached hydrogens (tertiary/aromatic N) is 2. The average molecular weight is 275 g/mol.